The number of halogens is 2. The van der Waals surface area contributed by atoms with Gasteiger partial charge in [-0.25, -0.2) is 4.39 Å². The van der Waals surface area contributed by atoms with Crippen molar-refractivity contribution in [1.82, 2.24) is 0 Å². The molecule has 1 rings (SSSR count). The summed E-state index contributed by atoms with van der Waals surface area (Å²) < 4.78 is 18.2. The number of carbonyl (C=O) groups excluding carboxylic acids is 1. The molecule has 0 bridgehead atoms. The van der Waals surface area contributed by atoms with Crippen molar-refractivity contribution in [3.63, 3.8) is 0 Å². The number of hydrogen-bond donors (Lipinski definition) is 1. The first-order valence-electron chi connectivity index (χ1n) is 6.56. The van der Waals surface area contributed by atoms with Crippen LogP contribution in [0.2, 0.25) is 5.02 Å². The molecule has 20 heavy (non-hydrogen) atoms. The van der Waals surface area contributed by atoms with Crippen molar-refractivity contribution in [3.05, 3.63) is 34.6 Å². The molecular formula is C15H20ClFO3. The summed E-state index contributed by atoms with van der Waals surface area (Å²) in [6, 6.07) is 3.94. The first-order valence-corrected chi connectivity index (χ1v) is 6.94. The average molecular weight is 303 g/mol. The Balaban J connectivity index is 3.21. The van der Waals surface area contributed by atoms with Crippen molar-refractivity contribution in [2.75, 3.05) is 6.61 Å². The Hall–Kier alpha value is -1.13. The summed E-state index contributed by atoms with van der Waals surface area (Å²) in [6.07, 6.45) is 0. The van der Waals surface area contributed by atoms with E-state index in [2.05, 4.69) is 0 Å². The molecule has 0 aliphatic heterocycles. The fourth-order valence-corrected chi connectivity index (χ4v) is 2.55. The van der Waals surface area contributed by atoms with Gasteiger partial charge < -0.3 is 9.84 Å². The molecular weight excluding hydrogens is 283 g/mol. The van der Waals surface area contributed by atoms with Crippen LogP contribution in [-0.4, -0.2) is 17.7 Å². The quantitative estimate of drug-likeness (QED) is 0.847. The Morgan fingerprint density at radius 1 is 1.50 bits per heavy atom. The lowest BCUT2D eigenvalue weighted by atomic mass is 9.76. The van der Waals surface area contributed by atoms with Crippen molar-refractivity contribution in [2.24, 2.45) is 11.8 Å². The Kier molecular flexibility index (Phi) is 5.54. The third-order valence-electron chi connectivity index (χ3n) is 3.32. The molecule has 0 fully saturated rings. The molecule has 0 aliphatic rings. The topological polar surface area (TPSA) is 46.5 Å². The lowest BCUT2D eigenvalue weighted by Crippen LogP contribution is -2.41. The fourth-order valence-electron chi connectivity index (χ4n) is 2.37. The van der Waals surface area contributed by atoms with Crippen LogP contribution in [0.1, 0.15) is 33.3 Å². The number of benzene rings is 1. The van der Waals surface area contributed by atoms with E-state index in [1.54, 1.807) is 6.92 Å². The molecule has 2 unspecified atom stereocenters. The molecule has 0 saturated heterocycles. The predicted molar refractivity (Wildman–Crippen MR) is 75.9 cm³/mol. The fraction of sp³-hybridized carbons (Fsp3) is 0.533. The van der Waals surface area contributed by atoms with Crippen LogP contribution in [0, 0.1) is 17.7 Å². The molecule has 0 heterocycles. The zero-order chi connectivity index (χ0) is 15.5. The van der Waals surface area contributed by atoms with Crippen LogP contribution in [-0.2, 0) is 15.1 Å². The van der Waals surface area contributed by atoms with E-state index in [0.29, 0.717) is 5.56 Å². The molecule has 0 saturated carbocycles. The van der Waals surface area contributed by atoms with Crippen molar-refractivity contribution < 1.29 is 19.0 Å². The molecule has 1 N–H and O–H groups in total. The second-order valence-corrected chi connectivity index (χ2v) is 5.66. The maximum atomic E-state index is 13.2. The minimum Gasteiger partial charge on any atom is -0.466 e. The van der Waals surface area contributed by atoms with E-state index in [4.69, 9.17) is 16.3 Å². The molecule has 1 aromatic carbocycles. The van der Waals surface area contributed by atoms with Crippen LogP contribution in [0.3, 0.4) is 0 Å². The third kappa shape index (κ3) is 3.49. The Morgan fingerprint density at radius 3 is 2.55 bits per heavy atom. The summed E-state index contributed by atoms with van der Waals surface area (Å²) in [5.74, 6) is -1.95. The Labute approximate surface area is 123 Å². The lowest BCUT2D eigenvalue weighted by Gasteiger charge is -2.34. The molecule has 0 radical (unpaired) electrons. The monoisotopic (exact) mass is 302 g/mol. The number of aliphatic hydroxyl groups is 1. The van der Waals surface area contributed by atoms with E-state index in [-0.39, 0.29) is 17.5 Å². The van der Waals surface area contributed by atoms with Gasteiger partial charge in [-0.1, -0.05) is 31.5 Å². The van der Waals surface area contributed by atoms with Gasteiger partial charge in [-0.3, -0.25) is 4.79 Å². The molecule has 5 heteroatoms. The second-order valence-electron chi connectivity index (χ2n) is 5.25. The lowest BCUT2D eigenvalue weighted by molar-refractivity contribution is -0.161. The smallest absolute Gasteiger partial charge is 0.312 e. The summed E-state index contributed by atoms with van der Waals surface area (Å²) in [5.41, 5.74) is -1.10. The summed E-state index contributed by atoms with van der Waals surface area (Å²) in [5, 5.41) is 10.7. The van der Waals surface area contributed by atoms with Gasteiger partial charge in [0.2, 0.25) is 0 Å². The van der Waals surface area contributed by atoms with Gasteiger partial charge in [0.25, 0.3) is 0 Å². The molecule has 112 valence electrons. The highest BCUT2D eigenvalue weighted by Crippen LogP contribution is 2.36. The first kappa shape index (κ1) is 16.9. The normalized spacial score (nSPS) is 15.8. The highest BCUT2D eigenvalue weighted by atomic mass is 35.5. The third-order valence-corrected chi connectivity index (χ3v) is 3.61. The van der Waals surface area contributed by atoms with E-state index in [1.807, 2.05) is 13.8 Å². The Morgan fingerprint density at radius 2 is 2.10 bits per heavy atom. The largest absolute Gasteiger partial charge is 0.466 e. The van der Waals surface area contributed by atoms with Gasteiger partial charge in [0.15, 0.2) is 0 Å². The van der Waals surface area contributed by atoms with Crippen LogP contribution < -0.4 is 0 Å². The summed E-state index contributed by atoms with van der Waals surface area (Å²) in [4.78, 5) is 12.1. The molecule has 0 amide bonds. The molecule has 0 spiro atoms. The van der Waals surface area contributed by atoms with E-state index in [0.717, 1.165) is 0 Å². The minimum atomic E-state index is -1.49. The maximum Gasteiger partial charge on any atom is 0.312 e. The molecule has 0 aliphatic carbocycles. The predicted octanol–water partition coefficient (Wildman–Crippen LogP) is 3.52. The zero-order valence-electron chi connectivity index (χ0n) is 12.1. The van der Waals surface area contributed by atoms with Crippen molar-refractivity contribution in [3.8, 4) is 0 Å². The van der Waals surface area contributed by atoms with Gasteiger partial charge in [0.05, 0.1) is 17.5 Å². The van der Waals surface area contributed by atoms with Crippen molar-refractivity contribution >= 4 is 17.6 Å². The Bertz CT molecular complexity index is 486. The summed E-state index contributed by atoms with van der Waals surface area (Å²) in [7, 11) is 0. The second kappa shape index (κ2) is 6.55. The van der Waals surface area contributed by atoms with Gasteiger partial charge >= 0.3 is 5.97 Å². The number of rotatable bonds is 5. The highest BCUT2D eigenvalue weighted by Gasteiger charge is 2.42. The van der Waals surface area contributed by atoms with Gasteiger partial charge in [-0.2, -0.15) is 0 Å². The standard InChI is InChI=1S/C15H20ClFO3/c1-5-20-14(18)13(9(2)3)15(4,19)10-6-7-12(17)11(16)8-10/h6-9,13,19H,5H2,1-4H3. The van der Waals surface area contributed by atoms with Crippen LogP contribution in [0.25, 0.3) is 0 Å². The van der Waals surface area contributed by atoms with E-state index < -0.39 is 23.3 Å². The number of esters is 1. The number of hydrogen-bond acceptors (Lipinski definition) is 3. The zero-order valence-corrected chi connectivity index (χ0v) is 12.9. The van der Waals surface area contributed by atoms with E-state index in [9.17, 15) is 14.3 Å². The van der Waals surface area contributed by atoms with Crippen LogP contribution in [0.15, 0.2) is 18.2 Å². The van der Waals surface area contributed by atoms with Gasteiger partial charge in [-0.15, -0.1) is 0 Å². The number of carbonyl (C=O) groups is 1. The minimum absolute atomic E-state index is 0.0888. The van der Waals surface area contributed by atoms with Gasteiger partial charge in [0, 0.05) is 0 Å². The molecule has 3 nitrogen and oxygen atoms in total. The van der Waals surface area contributed by atoms with Gasteiger partial charge in [-0.05, 0) is 37.5 Å². The van der Waals surface area contributed by atoms with Crippen LogP contribution >= 0.6 is 11.6 Å². The van der Waals surface area contributed by atoms with E-state index >= 15 is 0 Å². The average Bonchev–Trinajstić information content (AvgIpc) is 2.31. The molecule has 1 aromatic rings. The van der Waals surface area contributed by atoms with Crippen molar-refractivity contribution in [1.29, 1.82) is 0 Å². The molecule has 2 atom stereocenters. The number of ether oxygens (including phenoxy) is 1. The van der Waals surface area contributed by atoms with Crippen molar-refractivity contribution in [2.45, 2.75) is 33.3 Å². The first-order chi connectivity index (χ1) is 9.21. The summed E-state index contributed by atoms with van der Waals surface area (Å²) in [6.45, 7) is 7.10. The summed E-state index contributed by atoms with van der Waals surface area (Å²) >= 11 is 5.74. The maximum absolute atomic E-state index is 13.2. The van der Waals surface area contributed by atoms with Crippen LogP contribution in [0.4, 0.5) is 4.39 Å². The van der Waals surface area contributed by atoms with Crippen LogP contribution in [0.5, 0.6) is 0 Å². The van der Waals surface area contributed by atoms with Gasteiger partial charge in [0.1, 0.15) is 11.4 Å². The van der Waals surface area contributed by atoms with E-state index in [1.165, 1.54) is 25.1 Å². The highest BCUT2D eigenvalue weighted by molar-refractivity contribution is 6.30. The molecule has 0 aromatic heterocycles. The SMILES string of the molecule is CCOC(=O)C(C(C)C)C(C)(O)c1ccc(F)c(Cl)c1.